The van der Waals surface area contributed by atoms with Gasteiger partial charge < -0.3 is 10.0 Å². The second-order valence-electron chi connectivity index (χ2n) is 4.90. The van der Waals surface area contributed by atoms with Gasteiger partial charge >= 0.3 is 5.97 Å². The zero-order valence-corrected chi connectivity index (χ0v) is 14.4. The molecule has 0 radical (unpaired) electrons. The number of anilines is 1. The minimum atomic E-state index is -1.03. The van der Waals surface area contributed by atoms with Crippen LogP contribution in [0, 0.1) is 0 Å². The zero-order valence-electron chi connectivity index (χ0n) is 12.9. The van der Waals surface area contributed by atoms with Crippen LogP contribution in [-0.2, 0) is 0 Å². The molecule has 5 nitrogen and oxygen atoms in total. The van der Waals surface area contributed by atoms with Crippen LogP contribution in [0.4, 0.5) is 17.1 Å². The summed E-state index contributed by atoms with van der Waals surface area (Å²) < 4.78 is 0. The smallest absolute Gasteiger partial charge is 0.337 e. The molecule has 2 rings (SSSR count). The molecule has 0 aliphatic rings. The maximum atomic E-state index is 11.1. The van der Waals surface area contributed by atoms with Crippen LogP contribution in [0.15, 0.2) is 58.8 Å². The average Bonchev–Trinajstić information content (AvgIpc) is 2.60. The van der Waals surface area contributed by atoms with E-state index in [1.807, 2.05) is 24.3 Å². The lowest BCUT2D eigenvalue weighted by Crippen LogP contribution is -2.27. The van der Waals surface area contributed by atoms with Crippen LogP contribution in [0.2, 0.25) is 0 Å². The standard InChI is InChI=1S/C17H17Cl2N3O2/c18-9-11-22(12-10-19)14-7-5-13(6-8-14)20-21-16-4-2-1-3-15(16)17(23)24/h1-8H,9-12H2,(H,23,24). The van der Waals surface area contributed by atoms with Gasteiger partial charge in [0.05, 0.1) is 11.3 Å². The van der Waals surface area contributed by atoms with Crippen molar-refractivity contribution in [1.29, 1.82) is 0 Å². The first kappa shape index (κ1) is 18.2. The second-order valence-corrected chi connectivity index (χ2v) is 5.66. The summed E-state index contributed by atoms with van der Waals surface area (Å²) in [7, 11) is 0. The fourth-order valence-electron chi connectivity index (χ4n) is 2.16. The van der Waals surface area contributed by atoms with Gasteiger partial charge in [-0.1, -0.05) is 12.1 Å². The summed E-state index contributed by atoms with van der Waals surface area (Å²) in [6.45, 7) is 1.42. The summed E-state index contributed by atoms with van der Waals surface area (Å²) in [5.74, 6) is 0.00643. The highest BCUT2D eigenvalue weighted by Gasteiger charge is 2.08. The Morgan fingerprint density at radius 1 is 0.958 bits per heavy atom. The van der Waals surface area contributed by atoms with Crippen LogP contribution >= 0.6 is 23.2 Å². The molecule has 126 valence electrons. The molecule has 0 atom stereocenters. The van der Waals surface area contributed by atoms with Gasteiger partial charge in [0, 0.05) is 30.5 Å². The summed E-state index contributed by atoms with van der Waals surface area (Å²) in [6.07, 6.45) is 0. The van der Waals surface area contributed by atoms with Crippen LogP contribution in [0.1, 0.15) is 10.4 Å². The second kappa shape index (κ2) is 9.25. The molecule has 0 heterocycles. The van der Waals surface area contributed by atoms with E-state index >= 15 is 0 Å². The number of azo groups is 1. The Labute approximate surface area is 150 Å². The number of hydrogen-bond acceptors (Lipinski definition) is 4. The number of halogens is 2. The van der Waals surface area contributed by atoms with Gasteiger partial charge in [-0.05, 0) is 36.4 Å². The van der Waals surface area contributed by atoms with Crippen LogP contribution in [0.25, 0.3) is 0 Å². The molecule has 0 aliphatic heterocycles. The summed E-state index contributed by atoms with van der Waals surface area (Å²) in [4.78, 5) is 13.2. The van der Waals surface area contributed by atoms with Crippen LogP contribution in [0.3, 0.4) is 0 Å². The Bertz CT molecular complexity index is 699. The normalized spacial score (nSPS) is 10.9. The molecule has 0 amide bonds. The molecule has 0 aliphatic carbocycles. The largest absolute Gasteiger partial charge is 0.478 e. The van der Waals surface area contributed by atoms with Crippen molar-refractivity contribution in [3.8, 4) is 0 Å². The Morgan fingerprint density at radius 2 is 1.58 bits per heavy atom. The van der Waals surface area contributed by atoms with E-state index in [1.165, 1.54) is 6.07 Å². The topological polar surface area (TPSA) is 65.3 Å². The molecule has 0 unspecified atom stereocenters. The molecule has 1 N–H and O–H groups in total. The number of carboxylic acid groups (broad SMARTS) is 1. The van der Waals surface area contributed by atoms with Gasteiger partial charge in [0.2, 0.25) is 0 Å². The first-order valence-corrected chi connectivity index (χ1v) is 8.43. The van der Waals surface area contributed by atoms with Crippen molar-refractivity contribution >= 4 is 46.2 Å². The predicted octanol–water partition coefficient (Wildman–Crippen LogP) is 5.08. The molecular weight excluding hydrogens is 349 g/mol. The summed E-state index contributed by atoms with van der Waals surface area (Å²) >= 11 is 11.6. The van der Waals surface area contributed by atoms with Gasteiger partial charge in [-0.15, -0.1) is 28.3 Å². The fraction of sp³-hybridized carbons (Fsp3) is 0.235. The summed E-state index contributed by atoms with van der Waals surface area (Å²) in [6, 6.07) is 13.9. The Balaban J connectivity index is 2.15. The number of aromatic carboxylic acids is 1. The lowest BCUT2D eigenvalue weighted by Gasteiger charge is -2.22. The maximum absolute atomic E-state index is 11.1. The number of carboxylic acids is 1. The zero-order chi connectivity index (χ0) is 17.4. The van der Waals surface area contributed by atoms with E-state index in [0.717, 1.165) is 5.69 Å². The molecule has 0 saturated carbocycles. The van der Waals surface area contributed by atoms with E-state index in [-0.39, 0.29) is 5.56 Å². The molecule has 2 aromatic rings. The van der Waals surface area contributed by atoms with Gasteiger partial charge in [0.15, 0.2) is 0 Å². The molecule has 0 aromatic heterocycles. The van der Waals surface area contributed by atoms with Gasteiger partial charge in [-0.2, -0.15) is 5.11 Å². The van der Waals surface area contributed by atoms with Crippen molar-refractivity contribution in [2.24, 2.45) is 10.2 Å². The Hall–Kier alpha value is -2.11. The third-order valence-electron chi connectivity index (χ3n) is 3.33. The minimum Gasteiger partial charge on any atom is -0.478 e. The number of benzene rings is 2. The SMILES string of the molecule is O=C(O)c1ccccc1N=Nc1ccc(N(CCCl)CCCl)cc1. The summed E-state index contributed by atoms with van der Waals surface area (Å²) in [5.41, 5.74) is 2.07. The number of carbonyl (C=O) groups is 1. The molecule has 0 bridgehead atoms. The molecule has 0 fully saturated rings. The molecule has 0 spiro atoms. The molecule has 7 heteroatoms. The number of hydrogen-bond donors (Lipinski definition) is 1. The highest BCUT2D eigenvalue weighted by atomic mass is 35.5. The van der Waals surface area contributed by atoms with E-state index in [0.29, 0.717) is 36.2 Å². The van der Waals surface area contributed by atoms with Crippen molar-refractivity contribution in [2.45, 2.75) is 0 Å². The highest BCUT2D eigenvalue weighted by Crippen LogP contribution is 2.24. The van der Waals surface area contributed by atoms with Gasteiger partial charge in [0.1, 0.15) is 5.69 Å². The molecule has 24 heavy (non-hydrogen) atoms. The number of alkyl halides is 2. The lowest BCUT2D eigenvalue weighted by molar-refractivity contribution is 0.0698. The van der Waals surface area contributed by atoms with E-state index in [2.05, 4.69) is 15.1 Å². The Morgan fingerprint density at radius 3 is 2.17 bits per heavy atom. The van der Waals surface area contributed by atoms with Gasteiger partial charge in [-0.25, -0.2) is 4.79 Å². The van der Waals surface area contributed by atoms with E-state index in [4.69, 9.17) is 28.3 Å². The van der Waals surface area contributed by atoms with Crippen molar-refractivity contribution < 1.29 is 9.90 Å². The van der Waals surface area contributed by atoms with E-state index in [1.54, 1.807) is 18.2 Å². The third kappa shape index (κ3) is 4.94. The van der Waals surface area contributed by atoms with Gasteiger partial charge in [0.25, 0.3) is 0 Å². The average molecular weight is 366 g/mol. The van der Waals surface area contributed by atoms with E-state index < -0.39 is 5.97 Å². The minimum absolute atomic E-state index is 0.119. The van der Waals surface area contributed by atoms with Crippen LogP contribution < -0.4 is 4.90 Å². The molecule has 0 saturated heterocycles. The molecule has 2 aromatic carbocycles. The maximum Gasteiger partial charge on any atom is 0.337 e. The number of nitrogens with zero attached hydrogens (tertiary/aromatic N) is 3. The summed E-state index contributed by atoms with van der Waals surface area (Å²) in [5, 5.41) is 17.3. The van der Waals surface area contributed by atoms with Crippen LogP contribution in [0.5, 0.6) is 0 Å². The first-order chi connectivity index (χ1) is 11.7. The molecular formula is C17H17Cl2N3O2. The van der Waals surface area contributed by atoms with Crippen molar-refractivity contribution in [1.82, 2.24) is 0 Å². The van der Waals surface area contributed by atoms with Crippen molar-refractivity contribution in [3.63, 3.8) is 0 Å². The quantitative estimate of drug-likeness (QED) is 0.523. The van der Waals surface area contributed by atoms with Gasteiger partial charge in [-0.3, -0.25) is 0 Å². The van der Waals surface area contributed by atoms with E-state index in [9.17, 15) is 4.79 Å². The monoisotopic (exact) mass is 365 g/mol. The first-order valence-electron chi connectivity index (χ1n) is 7.36. The lowest BCUT2D eigenvalue weighted by atomic mass is 10.2. The third-order valence-corrected chi connectivity index (χ3v) is 3.67. The highest BCUT2D eigenvalue weighted by molar-refractivity contribution is 6.18. The predicted molar refractivity (Wildman–Crippen MR) is 97.7 cm³/mol. The van der Waals surface area contributed by atoms with Crippen molar-refractivity contribution in [3.05, 3.63) is 54.1 Å². The van der Waals surface area contributed by atoms with Crippen molar-refractivity contribution in [2.75, 3.05) is 29.7 Å². The fourth-order valence-corrected chi connectivity index (χ4v) is 2.57. The Kier molecular flexibility index (Phi) is 7.03. The number of rotatable bonds is 8. The van der Waals surface area contributed by atoms with Crippen LogP contribution in [-0.4, -0.2) is 35.9 Å².